The van der Waals surface area contributed by atoms with E-state index < -0.39 is 5.82 Å². The zero-order valence-electron chi connectivity index (χ0n) is 15.0. The summed E-state index contributed by atoms with van der Waals surface area (Å²) in [6, 6.07) is 4.59. The molecule has 0 aromatic heterocycles. The van der Waals surface area contributed by atoms with Crippen LogP contribution in [0.2, 0.25) is 5.02 Å². The van der Waals surface area contributed by atoms with Crippen LogP contribution in [-0.4, -0.2) is 73.0 Å². The second-order valence-corrected chi connectivity index (χ2v) is 7.80. The van der Waals surface area contributed by atoms with E-state index in [4.69, 9.17) is 11.6 Å². The molecule has 1 atom stereocenters. The van der Waals surface area contributed by atoms with Crippen LogP contribution in [0.15, 0.2) is 18.2 Å². The number of benzene rings is 1. The van der Waals surface area contributed by atoms with E-state index in [1.54, 1.807) is 6.07 Å². The number of rotatable bonds is 3. The Morgan fingerprint density at radius 3 is 2.36 bits per heavy atom. The van der Waals surface area contributed by atoms with Gasteiger partial charge in [-0.05, 0) is 50.9 Å². The summed E-state index contributed by atoms with van der Waals surface area (Å²) in [5, 5.41) is 0.266. The van der Waals surface area contributed by atoms with Crippen LogP contribution in [0.5, 0.6) is 0 Å². The van der Waals surface area contributed by atoms with Crippen molar-refractivity contribution in [2.75, 3.05) is 46.3 Å². The normalized spacial score (nSPS) is 22.2. The fourth-order valence-electron chi connectivity index (χ4n) is 3.97. The molecule has 0 aliphatic carbocycles. The molecule has 0 saturated carbocycles. The Morgan fingerprint density at radius 1 is 1.12 bits per heavy atom. The molecule has 25 heavy (non-hydrogen) atoms. The van der Waals surface area contributed by atoms with Crippen molar-refractivity contribution in [1.29, 1.82) is 0 Å². The number of carbonyl (C=O) groups excluding carboxylic acids is 1. The lowest BCUT2D eigenvalue weighted by Crippen LogP contribution is -2.52. The standard InChI is InChI=1S/C19H27ClFN3O/c1-14(23-9-7-22(2)8-10-23)15-3-5-24(6-4-15)19(25)16-11-17(20)13-18(21)12-16/h11-15H,3-10H2,1-2H3/t14-/m0/s1. The molecule has 0 radical (unpaired) electrons. The van der Waals surface area contributed by atoms with Crippen LogP contribution in [0.25, 0.3) is 0 Å². The van der Waals surface area contributed by atoms with E-state index in [0.717, 1.165) is 52.1 Å². The highest BCUT2D eigenvalue weighted by Crippen LogP contribution is 2.26. The fraction of sp³-hybridized carbons (Fsp3) is 0.632. The van der Waals surface area contributed by atoms with Crippen LogP contribution in [0.4, 0.5) is 4.39 Å². The zero-order valence-corrected chi connectivity index (χ0v) is 15.8. The van der Waals surface area contributed by atoms with Gasteiger partial charge in [0.25, 0.3) is 5.91 Å². The van der Waals surface area contributed by atoms with Gasteiger partial charge in [0.15, 0.2) is 0 Å². The highest BCUT2D eigenvalue weighted by Gasteiger charge is 2.30. The molecule has 2 fully saturated rings. The lowest BCUT2D eigenvalue weighted by molar-refractivity contribution is 0.0500. The number of piperidine rings is 1. The van der Waals surface area contributed by atoms with Gasteiger partial charge in [0, 0.05) is 55.9 Å². The summed E-state index contributed by atoms with van der Waals surface area (Å²) in [7, 11) is 2.17. The maximum absolute atomic E-state index is 13.5. The molecule has 6 heteroatoms. The van der Waals surface area contributed by atoms with Gasteiger partial charge in [0.1, 0.15) is 5.82 Å². The first-order valence-corrected chi connectivity index (χ1v) is 9.50. The van der Waals surface area contributed by atoms with Gasteiger partial charge in [-0.3, -0.25) is 9.69 Å². The molecule has 4 nitrogen and oxygen atoms in total. The van der Waals surface area contributed by atoms with Gasteiger partial charge in [0.2, 0.25) is 0 Å². The minimum atomic E-state index is -0.463. The number of halogens is 2. The molecular weight excluding hydrogens is 341 g/mol. The van der Waals surface area contributed by atoms with Crippen molar-refractivity contribution >= 4 is 17.5 Å². The predicted molar refractivity (Wildman–Crippen MR) is 98.6 cm³/mol. The summed E-state index contributed by atoms with van der Waals surface area (Å²) in [5.41, 5.74) is 0.343. The van der Waals surface area contributed by atoms with E-state index in [9.17, 15) is 9.18 Å². The van der Waals surface area contributed by atoms with E-state index in [-0.39, 0.29) is 10.9 Å². The summed E-state index contributed by atoms with van der Waals surface area (Å²) >= 11 is 5.87. The third-order valence-corrected chi connectivity index (χ3v) is 5.95. The third-order valence-electron chi connectivity index (χ3n) is 5.73. The van der Waals surface area contributed by atoms with Crippen molar-refractivity contribution in [3.05, 3.63) is 34.6 Å². The Balaban J connectivity index is 1.55. The first-order chi connectivity index (χ1) is 11.9. The summed E-state index contributed by atoms with van der Waals surface area (Å²) < 4.78 is 13.5. The number of nitrogens with zero attached hydrogens (tertiary/aromatic N) is 3. The lowest BCUT2D eigenvalue weighted by Gasteiger charge is -2.42. The molecule has 2 heterocycles. The molecule has 1 amide bonds. The van der Waals surface area contributed by atoms with Gasteiger partial charge in [-0.15, -0.1) is 0 Å². The van der Waals surface area contributed by atoms with Crippen molar-refractivity contribution in [2.24, 2.45) is 5.92 Å². The number of piperazine rings is 1. The molecule has 2 saturated heterocycles. The molecule has 3 rings (SSSR count). The Labute approximate surface area is 154 Å². The number of carbonyl (C=O) groups is 1. The Kier molecular flexibility index (Phi) is 5.97. The molecule has 0 spiro atoms. The maximum Gasteiger partial charge on any atom is 0.254 e. The third kappa shape index (κ3) is 4.52. The zero-order chi connectivity index (χ0) is 18.0. The average molecular weight is 368 g/mol. The summed E-state index contributed by atoms with van der Waals surface area (Å²) in [6.45, 7) is 8.28. The fourth-order valence-corrected chi connectivity index (χ4v) is 4.19. The Bertz CT molecular complexity index is 590. The van der Waals surface area contributed by atoms with Crippen LogP contribution in [-0.2, 0) is 0 Å². The van der Waals surface area contributed by atoms with E-state index >= 15 is 0 Å². The van der Waals surface area contributed by atoms with E-state index in [0.29, 0.717) is 17.5 Å². The number of likely N-dealkylation sites (tertiary alicyclic amines) is 1. The molecular formula is C19H27ClFN3O. The van der Waals surface area contributed by atoms with Crippen LogP contribution < -0.4 is 0 Å². The molecule has 138 valence electrons. The summed E-state index contributed by atoms with van der Waals surface area (Å²) in [5.74, 6) is 0.0325. The second kappa shape index (κ2) is 8.02. The minimum Gasteiger partial charge on any atom is -0.339 e. The largest absolute Gasteiger partial charge is 0.339 e. The SMILES string of the molecule is C[C@@H](C1CCN(C(=O)c2cc(F)cc(Cl)c2)CC1)N1CCN(C)CC1. The van der Waals surface area contributed by atoms with Gasteiger partial charge >= 0.3 is 0 Å². The maximum atomic E-state index is 13.5. The Morgan fingerprint density at radius 2 is 1.76 bits per heavy atom. The molecule has 0 unspecified atom stereocenters. The van der Waals surface area contributed by atoms with Crippen LogP contribution >= 0.6 is 11.6 Å². The van der Waals surface area contributed by atoms with E-state index in [2.05, 4.69) is 23.8 Å². The molecule has 2 aliphatic heterocycles. The quantitative estimate of drug-likeness (QED) is 0.821. The minimum absolute atomic E-state index is 0.118. The van der Waals surface area contributed by atoms with E-state index in [1.165, 1.54) is 12.1 Å². The van der Waals surface area contributed by atoms with Gasteiger partial charge in [-0.25, -0.2) is 4.39 Å². The number of likely N-dealkylation sites (N-methyl/N-ethyl adjacent to an activating group) is 1. The lowest BCUT2D eigenvalue weighted by atomic mass is 9.88. The van der Waals surface area contributed by atoms with Gasteiger partial charge < -0.3 is 9.80 Å². The smallest absolute Gasteiger partial charge is 0.254 e. The summed E-state index contributed by atoms with van der Waals surface area (Å²) in [4.78, 5) is 19.4. The van der Waals surface area contributed by atoms with E-state index in [1.807, 2.05) is 4.90 Å². The first-order valence-electron chi connectivity index (χ1n) is 9.12. The van der Waals surface area contributed by atoms with Crippen molar-refractivity contribution < 1.29 is 9.18 Å². The number of hydrogen-bond donors (Lipinski definition) is 0. The monoisotopic (exact) mass is 367 g/mol. The molecule has 1 aromatic rings. The molecule has 0 bridgehead atoms. The topological polar surface area (TPSA) is 26.8 Å². The highest BCUT2D eigenvalue weighted by molar-refractivity contribution is 6.31. The van der Waals surface area contributed by atoms with Crippen molar-refractivity contribution in [1.82, 2.24) is 14.7 Å². The van der Waals surface area contributed by atoms with Gasteiger partial charge in [-0.2, -0.15) is 0 Å². The molecule has 1 aromatic carbocycles. The van der Waals surface area contributed by atoms with Crippen molar-refractivity contribution in [3.8, 4) is 0 Å². The predicted octanol–water partition coefficient (Wildman–Crippen LogP) is 2.97. The average Bonchev–Trinajstić information content (AvgIpc) is 2.60. The van der Waals surface area contributed by atoms with Crippen LogP contribution in [0, 0.1) is 11.7 Å². The van der Waals surface area contributed by atoms with Crippen molar-refractivity contribution in [2.45, 2.75) is 25.8 Å². The van der Waals surface area contributed by atoms with Crippen LogP contribution in [0.3, 0.4) is 0 Å². The van der Waals surface area contributed by atoms with Crippen LogP contribution in [0.1, 0.15) is 30.1 Å². The number of amides is 1. The first kappa shape index (κ1) is 18.6. The van der Waals surface area contributed by atoms with Gasteiger partial charge in [0.05, 0.1) is 0 Å². The highest BCUT2D eigenvalue weighted by atomic mass is 35.5. The summed E-state index contributed by atoms with van der Waals surface area (Å²) in [6.07, 6.45) is 2.00. The molecule has 2 aliphatic rings. The van der Waals surface area contributed by atoms with Gasteiger partial charge in [-0.1, -0.05) is 11.6 Å². The second-order valence-electron chi connectivity index (χ2n) is 7.37. The number of hydrogen-bond acceptors (Lipinski definition) is 3. The Hall–Kier alpha value is -1.17. The van der Waals surface area contributed by atoms with Crippen molar-refractivity contribution in [3.63, 3.8) is 0 Å². The molecule has 0 N–H and O–H groups in total.